The molecule has 2 aromatic rings. The number of hydrogen-bond acceptors (Lipinski definition) is 4. The van der Waals surface area contributed by atoms with Crippen LogP contribution in [-0.2, 0) is 11.2 Å². The van der Waals surface area contributed by atoms with Gasteiger partial charge in [-0.2, -0.15) is 0 Å². The lowest BCUT2D eigenvalue weighted by Gasteiger charge is -2.12. The van der Waals surface area contributed by atoms with Crippen LogP contribution in [0.2, 0.25) is 5.02 Å². The lowest BCUT2D eigenvalue weighted by atomic mass is 10.1. The molecule has 0 aromatic heterocycles. The third kappa shape index (κ3) is 4.23. The van der Waals surface area contributed by atoms with Crippen LogP contribution < -0.4 is 20.3 Å². The van der Waals surface area contributed by atoms with Gasteiger partial charge >= 0.3 is 0 Å². The molecule has 0 saturated heterocycles. The van der Waals surface area contributed by atoms with Crippen LogP contribution in [0.15, 0.2) is 36.4 Å². The van der Waals surface area contributed by atoms with Gasteiger partial charge in [0.25, 0.3) is 5.91 Å². The second-order valence-corrected chi connectivity index (χ2v) is 6.02. The molecule has 2 amide bonds. The van der Waals surface area contributed by atoms with Crippen molar-refractivity contribution in [3.8, 4) is 11.5 Å². The molecule has 1 heterocycles. The van der Waals surface area contributed by atoms with Crippen molar-refractivity contribution in [3.63, 3.8) is 0 Å². The number of hydrazine groups is 1. The van der Waals surface area contributed by atoms with E-state index < -0.39 is 17.6 Å². The fourth-order valence-electron chi connectivity index (χ4n) is 2.45. The zero-order chi connectivity index (χ0) is 18.5. The van der Waals surface area contributed by atoms with Gasteiger partial charge in [0.05, 0.1) is 30.2 Å². The van der Waals surface area contributed by atoms with E-state index in [1.165, 1.54) is 18.2 Å². The Hall–Kier alpha value is -2.80. The molecule has 0 spiro atoms. The van der Waals surface area contributed by atoms with E-state index in [0.29, 0.717) is 35.3 Å². The molecule has 0 atom stereocenters. The smallest absolute Gasteiger partial charge is 0.272 e. The van der Waals surface area contributed by atoms with Gasteiger partial charge in [-0.25, -0.2) is 4.39 Å². The highest BCUT2D eigenvalue weighted by Crippen LogP contribution is 2.38. The van der Waals surface area contributed by atoms with Gasteiger partial charge < -0.3 is 9.47 Å². The molecule has 136 valence electrons. The molecule has 0 radical (unpaired) electrons. The molecule has 3 rings (SSSR count). The lowest BCUT2D eigenvalue weighted by Crippen LogP contribution is -2.42. The van der Waals surface area contributed by atoms with Crippen LogP contribution in [0.5, 0.6) is 11.5 Å². The maximum Gasteiger partial charge on any atom is 0.272 e. The van der Waals surface area contributed by atoms with Crippen LogP contribution in [-0.4, -0.2) is 25.0 Å². The largest absolute Gasteiger partial charge is 0.489 e. The van der Waals surface area contributed by atoms with Crippen molar-refractivity contribution in [2.24, 2.45) is 0 Å². The molecule has 1 aliphatic heterocycles. The Kier molecular flexibility index (Phi) is 5.58. The minimum Gasteiger partial charge on any atom is -0.489 e. The molecular weight excluding hydrogens is 363 g/mol. The molecule has 0 saturated carbocycles. The number of carbonyl (C=O) groups excluding carboxylic acids is 2. The number of ether oxygens (including phenoxy) is 2. The average molecular weight is 379 g/mol. The van der Waals surface area contributed by atoms with E-state index in [9.17, 15) is 14.0 Å². The number of amides is 2. The summed E-state index contributed by atoms with van der Waals surface area (Å²) in [6, 6.07) is 8.76. The minimum atomic E-state index is -0.742. The minimum absolute atomic E-state index is 0.0477. The Bertz CT molecular complexity index is 844. The SMILES string of the molecule is O=C(Cc1cc(Cl)c2c(c1)OCCCO2)NNC(=O)c1ccccc1F. The Morgan fingerprint density at radius 2 is 1.88 bits per heavy atom. The predicted octanol–water partition coefficient (Wildman–Crippen LogP) is 2.64. The third-order valence-corrected chi connectivity index (χ3v) is 3.94. The summed E-state index contributed by atoms with van der Waals surface area (Å²) in [6.45, 7) is 1.01. The summed E-state index contributed by atoms with van der Waals surface area (Å²) >= 11 is 6.18. The quantitative estimate of drug-likeness (QED) is 0.805. The zero-order valence-electron chi connectivity index (χ0n) is 13.7. The van der Waals surface area contributed by atoms with Crippen molar-refractivity contribution in [2.45, 2.75) is 12.8 Å². The summed E-state index contributed by atoms with van der Waals surface area (Å²) in [7, 11) is 0. The van der Waals surface area contributed by atoms with E-state index in [2.05, 4.69) is 10.9 Å². The van der Waals surface area contributed by atoms with Crippen molar-refractivity contribution < 1.29 is 23.5 Å². The maximum atomic E-state index is 13.5. The van der Waals surface area contributed by atoms with Crippen LogP contribution in [0.25, 0.3) is 0 Å². The summed E-state index contributed by atoms with van der Waals surface area (Å²) in [6.07, 6.45) is 0.691. The number of halogens is 2. The molecular formula is C18H16ClFN2O4. The molecule has 1 aliphatic rings. The molecule has 0 aliphatic carbocycles. The first-order valence-corrected chi connectivity index (χ1v) is 8.34. The van der Waals surface area contributed by atoms with Gasteiger partial charge in [-0.05, 0) is 29.8 Å². The molecule has 8 heteroatoms. The van der Waals surface area contributed by atoms with E-state index in [-0.39, 0.29) is 12.0 Å². The van der Waals surface area contributed by atoms with Crippen molar-refractivity contribution in [1.29, 1.82) is 0 Å². The first-order valence-electron chi connectivity index (χ1n) is 7.96. The summed E-state index contributed by atoms with van der Waals surface area (Å²) in [4.78, 5) is 23.9. The summed E-state index contributed by atoms with van der Waals surface area (Å²) < 4.78 is 24.6. The molecule has 6 nitrogen and oxygen atoms in total. The van der Waals surface area contributed by atoms with Crippen molar-refractivity contribution in [1.82, 2.24) is 10.9 Å². The maximum absolute atomic E-state index is 13.5. The molecule has 2 N–H and O–H groups in total. The van der Waals surface area contributed by atoms with Gasteiger partial charge in [0.1, 0.15) is 5.82 Å². The van der Waals surface area contributed by atoms with Gasteiger partial charge in [-0.1, -0.05) is 23.7 Å². The first-order chi connectivity index (χ1) is 12.5. The summed E-state index contributed by atoms with van der Waals surface area (Å²) in [5, 5.41) is 0.350. The monoisotopic (exact) mass is 378 g/mol. The number of rotatable bonds is 3. The van der Waals surface area contributed by atoms with Gasteiger partial charge in [-0.3, -0.25) is 20.4 Å². The topological polar surface area (TPSA) is 76.7 Å². The van der Waals surface area contributed by atoms with Gasteiger partial charge in [0.2, 0.25) is 5.91 Å². The molecule has 2 aromatic carbocycles. The highest BCUT2D eigenvalue weighted by atomic mass is 35.5. The molecule has 26 heavy (non-hydrogen) atoms. The fraction of sp³-hybridized carbons (Fsp3) is 0.222. The van der Waals surface area contributed by atoms with E-state index in [4.69, 9.17) is 21.1 Å². The van der Waals surface area contributed by atoms with Crippen molar-refractivity contribution in [2.75, 3.05) is 13.2 Å². The van der Waals surface area contributed by atoms with Crippen LogP contribution >= 0.6 is 11.6 Å². The van der Waals surface area contributed by atoms with Crippen LogP contribution in [0.3, 0.4) is 0 Å². The van der Waals surface area contributed by atoms with Crippen LogP contribution in [0.4, 0.5) is 4.39 Å². The number of carbonyl (C=O) groups is 2. The number of fused-ring (bicyclic) bond motifs is 1. The number of nitrogens with one attached hydrogen (secondary N) is 2. The Labute approximate surface area is 154 Å². The fourth-order valence-corrected chi connectivity index (χ4v) is 2.74. The predicted molar refractivity (Wildman–Crippen MR) is 92.8 cm³/mol. The first kappa shape index (κ1) is 18.0. The second-order valence-electron chi connectivity index (χ2n) is 5.61. The Balaban J connectivity index is 1.62. The summed E-state index contributed by atoms with van der Waals surface area (Å²) in [5.41, 5.74) is 4.86. The van der Waals surface area contributed by atoms with Crippen molar-refractivity contribution >= 4 is 23.4 Å². The van der Waals surface area contributed by atoms with Gasteiger partial charge in [0.15, 0.2) is 11.5 Å². The van der Waals surface area contributed by atoms with E-state index in [1.54, 1.807) is 12.1 Å². The normalized spacial score (nSPS) is 12.8. The second kappa shape index (κ2) is 8.05. The van der Waals surface area contributed by atoms with Crippen LogP contribution in [0, 0.1) is 5.82 Å². The number of hydrogen-bond donors (Lipinski definition) is 2. The van der Waals surface area contributed by atoms with E-state index in [1.807, 2.05) is 0 Å². The molecule has 0 fully saturated rings. The van der Waals surface area contributed by atoms with Gasteiger partial charge in [0, 0.05) is 6.42 Å². The number of benzene rings is 2. The molecule has 0 bridgehead atoms. The van der Waals surface area contributed by atoms with E-state index in [0.717, 1.165) is 12.5 Å². The van der Waals surface area contributed by atoms with Crippen LogP contribution in [0.1, 0.15) is 22.3 Å². The lowest BCUT2D eigenvalue weighted by molar-refractivity contribution is -0.121. The molecule has 0 unspecified atom stereocenters. The third-order valence-electron chi connectivity index (χ3n) is 3.66. The highest BCUT2D eigenvalue weighted by molar-refractivity contribution is 6.32. The van der Waals surface area contributed by atoms with Gasteiger partial charge in [-0.15, -0.1) is 0 Å². The average Bonchev–Trinajstić information content (AvgIpc) is 2.86. The van der Waals surface area contributed by atoms with E-state index >= 15 is 0 Å². The standard InChI is InChI=1S/C18H16ClFN2O4/c19-13-8-11(9-15-17(13)26-7-3-6-25-15)10-16(23)21-22-18(24)12-4-1-2-5-14(12)20/h1-2,4-5,8-9H,3,6-7,10H2,(H,21,23)(H,22,24). The highest BCUT2D eigenvalue weighted by Gasteiger charge is 2.17. The Morgan fingerprint density at radius 3 is 2.69 bits per heavy atom. The zero-order valence-corrected chi connectivity index (χ0v) is 14.4. The van der Waals surface area contributed by atoms with Crippen molar-refractivity contribution in [3.05, 3.63) is 58.4 Å². The Morgan fingerprint density at radius 1 is 1.12 bits per heavy atom. The summed E-state index contributed by atoms with van der Waals surface area (Å²) in [5.74, 6) is -0.961.